The zero-order chi connectivity index (χ0) is 9.35. The first kappa shape index (κ1) is 9.02. The molecule has 5 heteroatoms. The van der Waals surface area contributed by atoms with Crippen molar-refractivity contribution in [1.82, 2.24) is 0 Å². The lowest BCUT2D eigenvalue weighted by Gasteiger charge is -2.01. The number of rotatable bonds is 1. The molecule has 0 unspecified atom stereocenters. The highest BCUT2D eigenvalue weighted by Gasteiger charge is 2.12. The van der Waals surface area contributed by atoms with Gasteiger partial charge >= 0.3 is 0 Å². The molecule has 0 heterocycles. The van der Waals surface area contributed by atoms with Crippen LogP contribution in [0, 0.1) is 6.92 Å². The van der Waals surface area contributed by atoms with E-state index in [1.165, 1.54) is 19.1 Å². The molecule has 4 nitrogen and oxygen atoms in total. The van der Waals surface area contributed by atoms with E-state index in [0.29, 0.717) is 5.56 Å². The third-order valence-corrected chi connectivity index (χ3v) is 2.45. The second-order valence-corrected chi connectivity index (χ2v) is 3.81. The highest BCUT2D eigenvalue weighted by atomic mass is 32.2. The van der Waals surface area contributed by atoms with Gasteiger partial charge in [-0.25, -0.2) is 0 Å². The molecule has 0 saturated carbocycles. The Hall–Kier alpha value is -1.07. The molecule has 2 N–H and O–H groups in total. The molecule has 66 valence electrons. The number of benzene rings is 1. The molecule has 1 aromatic rings. The summed E-state index contributed by atoms with van der Waals surface area (Å²) >= 11 is 0. The van der Waals surface area contributed by atoms with Crippen molar-refractivity contribution in [1.29, 1.82) is 0 Å². The monoisotopic (exact) mass is 188 g/mol. The van der Waals surface area contributed by atoms with E-state index in [0.717, 1.165) is 6.07 Å². The van der Waals surface area contributed by atoms with E-state index in [1.807, 2.05) is 0 Å². The number of aromatic hydroxyl groups is 1. The van der Waals surface area contributed by atoms with E-state index in [4.69, 9.17) is 9.66 Å². The van der Waals surface area contributed by atoms with Gasteiger partial charge in [-0.3, -0.25) is 4.55 Å². The number of hydrogen-bond acceptors (Lipinski definition) is 3. The number of aryl methyl sites for hydroxylation is 1. The van der Waals surface area contributed by atoms with Crippen LogP contribution in [0.3, 0.4) is 0 Å². The van der Waals surface area contributed by atoms with E-state index in [2.05, 4.69) is 0 Å². The summed E-state index contributed by atoms with van der Waals surface area (Å²) in [5.74, 6) is -0.0279. The van der Waals surface area contributed by atoms with Crippen molar-refractivity contribution >= 4 is 10.1 Å². The zero-order valence-corrected chi connectivity index (χ0v) is 7.17. The van der Waals surface area contributed by atoms with Gasteiger partial charge in [0, 0.05) is 0 Å². The zero-order valence-electron chi connectivity index (χ0n) is 6.35. The van der Waals surface area contributed by atoms with Crippen LogP contribution in [0.1, 0.15) is 5.56 Å². The molecule has 0 fully saturated rings. The van der Waals surface area contributed by atoms with Gasteiger partial charge in [-0.05, 0) is 30.7 Å². The predicted molar refractivity (Wildman–Crippen MR) is 42.7 cm³/mol. The van der Waals surface area contributed by atoms with Gasteiger partial charge in [0.15, 0.2) is 0 Å². The minimum absolute atomic E-state index is 0.0279. The first-order chi connectivity index (χ1) is 5.41. The summed E-state index contributed by atoms with van der Waals surface area (Å²) in [4.78, 5) is -0.180. The van der Waals surface area contributed by atoms with Crippen molar-refractivity contribution in [2.24, 2.45) is 0 Å². The molecule has 0 saturated heterocycles. The van der Waals surface area contributed by atoms with Gasteiger partial charge in [-0.2, -0.15) is 8.42 Å². The van der Waals surface area contributed by atoms with Crippen LogP contribution < -0.4 is 0 Å². The number of phenols is 1. The second-order valence-electron chi connectivity index (χ2n) is 2.42. The van der Waals surface area contributed by atoms with Crippen LogP contribution in [0.2, 0.25) is 0 Å². The lowest BCUT2D eigenvalue weighted by Crippen LogP contribution is -1.99. The van der Waals surface area contributed by atoms with Crippen molar-refractivity contribution < 1.29 is 18.1 Å². The third-order valence-electron chi connectivity index (χ3n) is 1.44. The molecule has 0 aliphatic rings. The van der Waals surface area contributed by atoms with E-state index >= 15 is 0 Å². The Morgan fingerprint density at radius 3 is 2.33 bits per heavy atom. The van der Waals surface area contributed by atoms with Crippen LogP contribution in [-0.2, 0) is 10.1 Å². The van der Waals surface area contributed by atoms with E-state index in [1.54, 1.807) is 0 Å². The van der Waals surface area contributed by atoms with E-state index < -0.39 is 10.1 Å². The van der Waals surface area contributed by atoms with Crippen LogP contribution in [0.15, 0.2) is 23.1 Å². The molecule has 0 radical (unpaired) electrons. The fourth-order valence-corrected chi connectivity index (χ4v) is 1.63. The number of phenolic OH excluding ortho intramolecular Hbond substituents is 1. The molecule has 0 amide bonds. The Bertz CT molecular complexity index is 394. The molecule has 0 spiro atoms. The molecule has 1 aromatic carbocycles. The van der Waals surface area contributed by atoms with E-state index in [-0.39, 0.29) is 10.6 Å². The maximum atomic E-state index is 10.6. The summed E-state index contributed by atoms with van der Waals surface area (Å²) in [6, 6.07) is 3.62. The van der Waals surface area contributed by atoms with Crippen molar-refractivity contribution in [2.45, 2.75) is 11.8 Å². The molecule has 1 rings (SSSR count). The Balaban J connectivity index is 3.39. The van der Waals surface area contributed by atoms with Gasteiger partial charge in [0.2, 0.25) is 0 Å². The highest BCUT2D eigenvalue weighted by Crippen LogP contribution is 2.19. The van der Waals surface area contributed by atoms with Crippen LogP contribution >= 0.6 is 0 Å². The predicted octanol–water partition coefficient (Wildman–Crippen LogP) is 0.947. The summed E-state index contributed by atoms with van der Waals surface area (Å²) in [5.41, 5.74) is 0.317. The van der Waals surface area contributed by atoms with Crippen molar-refractivity contribution in [3.05, 3.63) is 23.8 Å². The summed E-state index contributed by atoms with van der Waals surface area (Å²) in [6.07, 6.45) is 0. The topological polar surface area (TPSA) is 74.6 Å². The average Bonchev–Trinajstić information content (AvgIpc) is 1.83. The lowest BCUT2D eigenvalue weighted by molar-refractivity contribution is 0.472. The Labute approximate surface area is 70.2 Å². The smallest absolute Gasteiger partial charge is 0.294 e. The van der Waals surface area contributed by atoms with Gasteiger partial charge in [-0.15, -0.1) is 0 Å². The molecule has 0 bridgehead atoms. The van der Waals surface area contributed by atoms with Crippen molar-refractivity contribution in [3.8, 4) is 5.75 Å². The average molecular weight is 188 g/mol. The number of hydrogen-bond donors (Lipinski definition) is 2. The minimum atomic E-state index is -4.16. The fraction of sp³-hybridized carbons (Fsp3) is 0.143. The van der Waals surface area contributed by atoms with Crippen LogP contribution in [-0.4, -0.2) is 18.1 Å². The summed E-state index contributed by atoms with van der Waals surface area (Å²) in [6.45, 7) is 1.49. The summed E-state index contributed by atoms with van der Waals surface area (Å²) in [5, 5.41) is 8.93. The van der Waals surface area contributed by atoms with E-state index in [9.17, 15) is 8.42 Å². The summed E-state index contributed by atoms with van der Waals surface area (Å²) < 4.78 is 29.9. The molecule has 0 aliphatic heterocycles. The summed E-state index contributed by atoms with van der Waals surface area (Å²) in [7, 11) is -4.16. The molecular formula is C7H8O4S. The molecule has 12 heavy (non-hydrogen) atoms. The third kappa shape index (κ3) is 1.75. The fourth-order valence-electron chi connectivity index (χ4n) is 0.923. The Morgan fingerprint density at radius 2 is 1.92 bits per heavy atom. The molecular weight excluding hydrogens is 180 g/mol. The molecule has 0 aromatic heterocycles. The molecule has 0 aliphatic carbocycles. The second kappa shape index (κ2) is 2.76. The lowest BCUT2D eigenvalue weighted by atomic mass is 10.2. The normalized spacial score (nSPS) is 11.5. The van der Waals surface area contributed by atoms with Gasteiger partial charge in [0.05, 0.1) is 4.90 Å². The first-order valence-corrected chi connectivity index (χ1v) is 4.62. The molecule has 0 atom stereocenters. The van der Waals surface area contributed by atoms with Gasteiger partial charge in [-0.1, -0.05) is 0 Å². The van der Waals surface area contributed by atoms with Crippen molar-refractivity contribution in [3.63, 3.8) is 0 Å². The minimum Gasteiger partial charge on any atom is -0.508 e. The van der Waals surface area contributed by atoms with Gasteiger partial charge < -0.3 is 5.11 Å². The maximum absolute atomic E-state index is 10.6. The highest BCUT2D eigenvalue weighted by molar-refractivity contribution is 7.85. The largest absolute Gasteiger partial charge is 0.508 e. The quantitative estimate of drug-likeness (QED) is 0.643. The maximum Gasteiger partial charge on any atom is 0.294 e. The standard InChI is InChI=1S/C7H8O4S/c1-5-4-6(8)2-3-7(5)12(9,10)11/h2-4,8H,1H3,(H,9,10,11). The van der Waals surface area contributed by atoms with Gasteiger partial charge in [0.25, 0.3) is 10.1 Å². The van der Waals surface area contributed by atoms with Crippen LogP contribution in [0.5, 0.6) is 5.75 Å². The van der Waals surface area contributed by atoms with Crippen molar-refractivity contribution in [2.75, 3.05) is 0 Å². The SMILES string of the molecule is Cc1cc(O)ccc1S(=O)(=O)O. The van der Waals surface area contributed by atoms with Crippen LogP contribution in [0.25, 0.3) is 0 Å². The van der Waals surface area contributed by atoms with Crippen LogP contribution in [0.4, 0.5) is 0 Å². The van der Waals surface area contributed by atoms with Gasteiger partial charge in [0.1, 0.15) is 5.75 Å². The first-order valence-electron chi connectivity index (χ1n) is 3.18. The Morgan fingerprint density at radius 1 is 1.33 bits per heavy atom. The Kier molecular flexibility index (Phi) is 2.08.